The lowest BCUT2D eigenvalue weighted by molar-refractivity contribution is -0.0729. The summed E-state index contributed by atoms with van der Waals surface area (Å²) in [7, 11) is 0. The van der Waals surface area contributed by atoms with Gasteiger partial charge in [0.2, 0.25) is 5.95 Å². The Morgan fingerprint density at radius 1 is 0.878 bits per heavy atom. The molecule has 2 bridgehead atoms. The predicted octanol–water partition coefficient (Wildman–Crippen LogP) is 3.01. The first-order valence-electron chi connectivity index (χ1n) is 15.3. The number of nitrogen functional groups attached to an aromatic ring is 1. The molecule has 4 aliphatic heterocycles. The number of aromatic hydroxyl groups is 1. The van der Waals surface area contributed by atoms with Crippen LogP contribution in [0.2, 0.25) is 0 Å². The summed E-state index contributed by atoms with van der Waals surface area (Å²) in [6.07, 6.45) is 11.5. The normalized spacial score (nSPS) is 28.9. The lowest BCUT2D eigenvalue weighted by Crippen LogP contribution is -2.72. The molecule has 8 rings (SSSR count). The molecule has 2 aromatic heterocycles. The molecule has 0 radical (unpaired) electrons. The van der Waals surface area contributed by atoms with Crippen LogP contribution in [-0.2, 0) is 0 Å². The zero-order valence-electron chi connectivity index (χ0n) is 23.5. The minimum atomic E-state index is 0.187. The second-order valence-electron chi connectivity index (χ2n) is 13.0. The summed E-state index contributed by atoms with van der Waals surface area (Å²) in [6.45, 7) is 6.68. The minimum absolute atomic E-state index is 0.187. The molecule has 1 aliphatic carbocycles. The van der Waals surface area contributed by atoms with E-state index in [1.165, 1.54) is 57.4 Å². The van der Waals surface area contributed by atoms with Crippen molar-refractivity contribution in [2.24, 2.45) is 5.41 Å². The molecule has 6 heterocycles. The van der Waals surface area contributed by atoms with Crippen LogP contribution in [0.5, 0.6) is 5.75 Å². The minimum Gasteiger partial charge on any atom is -0.507 e. The Morgan fingerprint density at radius 2 is 1.56 bits per heavy atom. The van der Waals surface area contributed by atoms with Gasteiger partial charge in [-0.05, 0) is 68.2 Å². The third kappa shape index (κ3) is 4.39. The van der Waals surface area contributed by atoms with E-state index >= 15 is 0 Å². The number of hydrogen-bond acceptors (Lipinski definition) is 10. The second-order valence-corrected chi connectivity index (χ2v) is 13.0. The summed E-state index contributed by atoms with van der Waals surface area (Å²) in [5.74, 6) is 2.04. The molecule has 214 valence electrons. The third-order valence-electron chi connectivity index (χ3n) is 10.5. The third-order valence-corrected chi connectivity index (χ3v) is 10.5. The number of fused-ring (bicyclic) bond motifs is 2. The Bertz CT molecular complexity index is 1400. The number of aromatic nitrogens is 4. The number of nitrogens with one attached hydrogen (secondary N) is 1. The summed E-state index contributed by atoms with van der Waals surface area (Å²) in [5.41, 5.74) is 10.4. The number of para-hydroxylation sites is 1. The topological polar surface area (TPSA) is 120 Å². The molecule has 10 nitrogen and oxygen atoms in total. The molecular weight excluding hydrogens is 514 g/mol. The zero-order valence-corrected chi connectivity index (χ0v) is 23.5. The number of hydrogen-bond donors (Lipinski definition) is 3. The fourth-order valence-corrected chi connectivity index (χ4v) is 8.12. The lowest BCUT2D eigenvalue weighted by atomic mass is 9.72. The average molecular weight is 554 g/mol. The highest BCUT2D eigenvalue weighted by molar-refractivity contribution is 5.74. The van der Waals surface area contributed by atoms with Gasteiger partial charge in [0.05, 0.1) is 11.4 Å². The molecule has 2 unspecified atom stereocenters. The van der Waals surface area contributed by atoms with Crippen molar-refractivity contribution in [3.63, 3.8) is 0 Å². The van der Waals surface area contributed by atoms with Gasteiger partial charge in [-0.25, -0.2) is 9.97 Å². The van der Waals surface area contributed by atoms with Gasteiger partial charge in [-0.2, -0.15) is 0 Å². The maximum Gasteiger partial charge on any atom is 0.225 e. The largest absolute Gasteiger partial charge is 0.507 e. The van der Waals surface area contributed by atoms with Gasteiger partial charge < -0.3 is 26.0 Å². The van der Waals surface area contributed by atoms with Crippen molar-refractivity contribution >= 4 is 17.5 Å². The van der Waals surface area contributed by atoms with Crippen LogP contribution in [-0.4, -0.2) is 87.6 Å². The highest BCUT2D eigenvalue weighted by atomic mass is 16.3. The van der Waals surface area contributed by atoms with E-state index in [1.807, 2.05) is 18.2 Å². The van der Waals surface area contributed by atoms with Crippen LogP contribution in [0.15, 0.2) is 42.7 Å². The Hall–Kier alpha value is -3.50. The van der Waals surface area contributed by atoms with E-state index in [9.17, 15) is 5.11 Å². The number of nitrogens with zero attached hydrogens (tertiary/aromatic N) is 7. The highest BCUT2D eigenvalue weighted by Gasteiger charge is 2.49. The van der Waals surface area contributed by atoms with E-state index in [2.05, 4.69) is 42.6 Å². The molecule has 1 aromatic carbocycles. The van der Waals surface area contributed by atoms with E-state index in [0.717, 1.165) is 43.6 Å². The molecule has 1 saturated carbocycles. The molecule has 0 amide bonds. The van der Waals surface area contributed by atoms with Crippen molar-refractivity contribution in [3.8, 4) is 17.0 Å². The lowest BCUT2D eigenvalue weighted by Gasteiger charge is -2.59. The van der Waals surface area contributed by atoms with E-state index < -0.39 is 0 Å². The van der Waals surface area contributed by atoms with Crippen molar-refractivity contribution in [1.29, 1.82) is 0 Å². The van der Waals surface area contributed by atoms with Crippen LogP contribution in [0.1, 0.15) is 50.0 Å². The first kappa shape index (κ1) is 25.2. The van der Waals surface area contributed by atoms with Gasteiger partial charge in [0.25, 0.3) is 0 Å². The maximum atomic E-state index is 10.3. The number of anilines is 3. The summed E-state index contributed by atoms with van der Waals surface area (Å²) in [4.78, 5) is 17.3. The zero-order chi connectivity index (χ0) is 27.6. The fraction of sp³-hybridized carbons (Fsp3) is 0.548. The van der Waals surface area contributed by atoms with Gasteiger partial charge in [0.15, 0.2) is 5.82 Å². The number of phenolic OH excluding ortho intramolecular Hbond substituents is 1. The fourth-order valence-electron chi connectivity index (χ4n) is 8.12. The van der Waals surface area contributed by atoms with Crippen molar-refractivity contribution in [2.75, 3.05) is 54.8 Å². The second kappa shape index (κ2) is 9.80. The van der Waals surface area contributed by atoms with E-state index in [4.69, 9.17) is 15.7 Å². The van der Waals surface area contributed by atoms with Gasteiger partial charge >= 0.3 is 0 Å². The Balaban J connectivity index is 0.922. The van der Waals surface area contributed by atoms with E-state index in [-0.39, 0.29) is 5.75 Å². The van der Waals surface area contributed by atoms with Crippen molar-refractivity contribution in [1.82, 2.24) is 30.4 Å². The number of piperazine rings is 1. The summed E-state index contributed by atoms with van der Waals surface area (Å²) >= 11 is 0. The molecule has 5 fully saturated rings. The monoisotopic (exact) mass is 553 g/mol. The first-order valence-corrected chi connectivity index (χ1v) is 15.3. The van der Waals surface area contributed by atoms with Crippen molar-refractivity contribution in [3.05, 3.63) is 48.3 Å². The van der Waals surface area contributed by atoms with Gasteiger partial charge in [0.1, 0.15) is 5.75 Å². The number of rotatable bonds is 5. The molecular formula is C31H39N9O. The molecule has 5 aliphatic rings. The van der Waals surface area contributed by atoms with Crippen LogP contribution in [0.4, 0.5) is 17.5 Å². The summed E-state index contributed by atoms with van der Waals surface area (Å²) in [5, 5.41) is 22.3. The van der Waals surface area contributed by atoms with E-state index in [0.29, 0.717) is 40.5 Å². The molecule has 10 heteroatoms. The van der Waals surface area contributed by atoms with E-state index in [1.54, 1.807) is 12.1 Å². The number of phenols is 1. The predicted molar refractivity (Wildman–Crippen MR) is 159 cm³/mol. The Kier molecular flexibility index (Phi) is 6.03. The molecule has 4 saturated heterocycles. The summed E-state index contributed by atoms with van der Waals surface area (Å²) < 4.78 is 0. The van der Waals surface area contributed by atoms with Crippen LogP contribution < -0.4 is 20.9 Å². The quantitative estimate of drug-likeness (QED) is 0.435. The van der Waals surface area contributed by atoms with Gasteiger partial charge in [-0.15, -0.1) is 10.2 Å². The Morgan fingerprint density at radius 3 is 2.22 bits per heavy atom. The Labute approximate surface area is 241 Å². The maximum absolute atomic E-state index is 10.3. The van der Waals surface area contributed by atoms with Crippen molar-refractivity contribution in [2.45, 2.75) is 62.6 Å². The van der Waals surface area contributed by atoms with Crippen LogP contribution >= 0.6 is 0 Å². The molecule has 41 heavy (non-hydrogen) atoms. The molecule has 2 atom stereocenters. The smallest absolute Gasteiger partial charge is 0.225 e. The highest BCUT2D eigenvalue weighted by Crippen LogP contribution is 2.42. The average Bonchev–Trinajstić information content (AvgIpc) is 3.21. The SMILES string of the molecule is Nc1nnc(-c2ccccc2O)cc1N1CC2CCC(C1)N2c1ncc(C2CCC(N3CC4(CNC4)C3)CC2)cn1. The number of benzene rings is 1. The summed E-state index contributed by atoms with van der Waals surface area (Å²) in [6, 6.07) is 10.6. The van der Waals surface area contributed by atoms with Gasteiger partial charge in [-0.3, -0.25) is 4.90 Å². The molecule has 3 aromatic rings. The first-order chi connectivity index (χ1) is 20.1. The van der Waals surface area contributed by atoms with Gasteiger partial charge in [-0.1, -0.05) is 12.1 Å². The van der Waals surface area contributed by atoms with Crippen LogP contribution in [0.3, 0.4) is 0 Å². The molecule has 1 spiro atoms. The number of likely N-dealkylation sites (tertiary alicyclic amines) is 1. The number of nitrogens with two attached hydrogens (primary N) is 1. The van der Waals surface area contributed by atoms with Crippen LogP contribution in [0, 0.1) is 5.41 Å². The van der Waals surface area contributed by atoms with Crippen LogP contribution in [0.25, 0.3) is 11.3 Å². The standard InChI is InChI=1S/C31H39N9O/c32-29-27(11-26(36-37-29)25-3-1-2-4-28(25)41)38-14-23-9-10-24(15-38)40(23)30-34-12-21(13-35-30)20-5-7-22(8-6-20)39-18-31(19-39)16-33-17-31/h1-4,11-13,20,22-24,33,41H,5-10,14-19H2,(H2,32,37). The van der Waals surface area contributed by atoms with Crippen molar-refractivity contribution < 1.29 is 5.11 Å². The molecule has 4 N–H and O–H groups in total. The van der Waals surface area contributed by atoms with Gasteiger partial charge in [0, 0.05) is 80.8 Å².